The zero-order chi connectivity index (χ0) is 10.9. The van der Waals surface area contributed by atoms with Gasteiger partial charge in [0.15, 0.2) is 0 Å². The lowest BCUT2D eigenvalue weighted by Gasteiger charge is -2.21. The van der Waals surface area contributed by atoms with Crippen LogP contribution < -0.4 is 5.30 Å². The predicted molar refractivity (Wildman–Crippen MR) is 66.6 cm³/mol. The van der Waals surface area contributed by atoms with Crippen LogP contribution in [0, 0.1) is 0 Å². The van der Waals surface area contributed by atoms with Crippen LogP contribution in [0.2, 0.25) is 0 Å². The Morgan fingerprint density at radius 2 is 1.93 bits per heavy atom. The summed E-state index contributed by atoms with van der Waals surface area (Å²) in [6.45, 7) is 4.16. The summed E-state index contributed by atoms with van der Waals surface area (Å²) < 4.78 is 0. The van der Waals surface area contributed by atoms with Gasteiger partial charge in [0.05, 0.1) is 29.2 Å². The highest BCUT2D eigenvalue weighted by Crippen LogP contribution is 2.16. The van der Waals surface area contributed by atoms with Crippen molar-refractivity contribution in [2.24, 2.45) is 0 Å². The van der Waals surface area contributed by atoms with Crippen molar-refractivity contribution >= 4 is 38.1 Å². The summed E-state index contributed by atoms with van der Waals surface area (Å²) in [7, 11) is 19.3. The SMILES string of the molecule is [B]C([B])([B])c1cnc(C(C)C)c(P)c1. The second kappa shape index (κ2) is 4.10. The molecule has 0 saturated heterocycles. The smallest absolute Gasteiger partial charge is 0.0564 e. The van der Waals surface area contributed by atoms with Crippen LogP contribution in [0.1, 0.15) is 31.0 Å². The van der Waals surface area contributed by atoms with Crippen LogP contribution in [-0.2, 0) is 5.11 Å². The number of pyridine rings is 1. The minimum Gasteiger partial charge on any atom is -0.260 e. The van der Waals surface area contributed by atoms with E-state index in [2.05, 4.69) is 28.1 Å². The molecule has 14 heavy (non-hydrogen) atoms. The first-order chi connectivity index (χ1) is 6.32. The van der Waals surface area contributed by atoms with Crippen LogP contribution in [0.4, 0.5) is 0 Å². The second-order valence-electron chi connectivity index (χ2n) is 3.79. The average molecular weight is 197 g/mol. The van der Waals surface area contributed by atoms with Gasteiger partial charge in [0.2, 0.25) is 0 Å². The summed E-state index contributed by atoms with van der Waals surface area (Å²) in [5.41, 5.74) is 1.65. The van der Waals surface area contributed by atoms with Gasteiger partial charge in [-0.25, -0.2) is 0 Å². The maximum atomic E-state index is 5.56. The van der Waals surface area contributed by atoms with Crippen molar-refractivity contribution in [3.63, 3.8) is 0 Å². The molecule has 0 aliphatic rings. The van der Waals surface area contributed by atoms with Crippen molar-refractivity contribution in [1.82, 2.24) is 4.98 Å². The molecule has 66 valence electrons. The normalized spacial score (nSPS) is 12.0. The van der Waals surface area contributed by atoms with Gasteiger partial charge >= 0.3 is 0 Å². The van der Waals surface area contributed by atoms with Crippen LogP contribution >= 0.6 is 9.24 Å². The molecule has 1 heterocycles. The molecule has 0 aliphatic carbocycles. The summed E-state index contributed by atoms with van der Waals surface area (Å²) in [5, 5.41) is -0.323. The molecule has 0 bridgehead atoms. The zero-order valence-corrected chi connectivity index (χ0v) is 9.64. The van der Waals surface area contributed by atoms with E-state index in [1.165, 1.54) is 0 Å². The van der Waals surface area contributed by atoms with Crippen molar-refractivity contribution in [1.29, 1.82) is 0 Å². The van der Waals surface area contributed by atoms with Gasteiger partial charge < -0.3 is 0 Å². The van der Waals surface area contributed by atoms with Gasteiger partial charge in [-0.15, -0.1) is 14.4 Å². The van der Waals surface area contributed by atoms with Crippen LogP contribution in [0.5, 0.6) is 0 Å². The Morgan fingerprint density at radius 1 is 1.36 bits per heavy atom. The Morgan fingerprint density at radius 3 is 2.29 bits per heavy atom. The Hall–Kier alpha value is -0.225. The average Bonchev–Trinajstić information content (AvgIpc) is 2.01. The first-order valence-electron chi connectivity index (χ1n) is 4.45. The van der Waals surface area contributed by atoms with Crippen LogP contribution in [0.25, 0.3) is 0 Å². The van der Waals surface area contributed by atoms with Gasteiger partial charge in [-0.05, 0) is 16.8 Å². The fourth-order valence-electron chi connectivity index (χ4n) is 1.21. The lowest BCUT2D eigenvalue weighted by Crippen LogP contribution is -2.28. The lowest BCUT2D eigenvalue weighted by atomic mass is 9.40. The topological polar surface area (TPSA) is 12.9 Å². The van der Waals surface area contributed by atoms with E-state index in [1.807, 2.05) is 6.07 Å². The van der Waals surface area contributed by atoms with E-state index >= 15 is 0 Å². The Bertz CT molecular complexity index is 333. The summed E-state index contributed by atoms with van der Waals surface area (Å²) >= 11 is 0. The van der Waals surface area contributed by atoms with Crippen molar-refractivity contribution < 1.29 is 0 Å². The van der Waals surface area contributed by atoms with E-state index in [-0.39, 0.29) is 0 Å². The van der Waals surface area contributed by atoms with E-state index < -0.39 is 5.11 Å². The molecule has 1 rings (SSSR count). The summed E-state index contributed by atoms with van der Waals surface area (Å²) in [4.78, 5) is 4.28. The monoisotopic (exact) mass is 197 g/mol. The molecule has 0 N–H and O–H groups in total. The van der Waals surface area contributed by atoms with Crippen molar-refractivity contribution in [2.75, 3.05) is 0 Å². The summed E-state index contributed by atoms with van der Waals surface area (Å²) in [6, 6.07) is 1.85. The van der Waals surface area contributed by atoms with E-state index in [9.17, 15) is 0 Å². The van der Waals surface area contributed by atoms with Gasteiger partial charge in [0.1, 0.15) is 0 Å². The number of hydrogen-bond acceptors (Lipinski definition) is 1. The number of nitrogens with zero attached hydrogens (tertiary/aromatic N) is 1. The Labute approximate surface area is 91.9 Å². The van der Waals surface area contributed by atoms with Crippen molar-refractivity contribution in [3.8, 4) is 0 Å². The quantitative estimate of drug-likeness (QED) is 0.491. The first-order valence-corrected chi connectivity index (χ1v) is 5.02. The minimum atomic E-state index is -1.31. The molecule has 5 heteroatoms. The summed E-state index contributed by atoms with van der Waals surface area (Å²) in [5.74, 6) is 0.374. The Kier molecular flexibility index (Phi) is 3.47. The fourth-order valence-corrected chi connectivity index (χ4v) is 1.80. The molecule has 0 spiro atoms. The maximum absolute atomic E-state index is 5.56. The van der Waals surface area contributed by atoms with Crippen molar-refractivity contribution in [3.05, 3.63) is 23.5 Å². The molecule has 0 aromatic carbocycles. The summed E-state index contributed by atoms with van der Waals surface area (Å²) in [6.07, 6.45) is 1.63. The van der Waals surface area contributed by atoms with E-state index in [0.717, 1.165) is 11.0 Å². The molecule has 6 radical (unpaired) electrons. The number of hydrogen-bond donors (Lipinski definition) is 0. The highest BCUT2D eigenvalue weighted by atomic mass is 31.0. The van der Waals surface area contributed by atoms with E-state index in [1.54, 1.807) is 6.20 Å². The number of aromatic nitrogens is 1. The van der Waals surface area contributed by atoms with Crippen LogP contribution in [0.15, 0.2) is 12.3 Å². The predicted octanol–water partition coefficient (Wildman–Crippen LogP) is 0.321. The van der Waals surface area contributed by atoms with Crippen LogP contribution in [0.3, 0.4) is 0 Å². The largest absolute Gasteiger partial charge is 0.260 e. The maximum Gasteiger partial charge on any atom is 0.0564 e. The third-order valence-electron chi connectivity index (χ3n) is 2.00. The molecule has 0 aliphatic heterocycles. The Balaban J connectivity index is 3.13. The lowest BCUT2D eigenvalue weighted by molar-refractivity contribution is 0.828. The molecular formula is C9H11B3NP. The first kappa shape index (κ1) is 11.8. The number of rotatable bonds is 2. The molecule has 1 aromatic heterocycles. The van der Waals surface area contributed by atoms with Gasteiger partial charge in [0.25, 0.3) is 0 Å². The molecule has 0 amide bonds. The molecule has 1 nitrogen and oxygen atoms in total. The third kappa shape index (κ3) is 2.64. The highest BCUT2D eigenvalue weighted by molar-refractivity contribution is 7.27. The zero-order valence-electron chi connectivity index (χ0n) is 8.49. The van der Waals surface area contributed by atoms with Crippen molar-refractivity contribution in [2.45, 2.75) is 24.9 Å². The molecule has 0 fully saturated rings. The van der Waals surface area contributed by atoms with Gasteiger partial charge in [-0.1, -0.05) is 19.9 Å². The van der Waals surface area contributed by atoms with Gasteiger partial charge in [0, 0.05) is 6.20 Å². The molecule has 1 unspecified atom stereocenters. The molecule has 1 atom stereocenters. The van der Waals surface area contributed by atoms with Gasteiger partial charge in [-0.2, -0.15) is 0 Å². The van der Waals surface area contributed by atoms with Gasteiger partial charge in [-0.3, -0.25) is 4.98 Å². The second-order valence-corrected chi connectivity index (χ2v) is 4.41. The highest BCUT2D eigenvalue weighted by Gasteiger charge is 2.14. The standard InChI is InChI=1S/C9H11B3NP/c1-5(2)8-7(14)3-6(4-13-8)9(10,11)12/h3-5H,14H2,1-2H3. The third-order valence-corrected chi connectivity index (χ3v) is 2.46. The minimum absolute atomic E-state index is 0.374. The van der Waals surface area contributed by atoms with Crippen LogP contribution in [-0.4, -0.2) is 28.5 Å². The molecule has 1 aromatic rings. The van der Waals surface area contributed by atoms with E-state index in [4.69, 9.17) is 23.5 Å². The molecule has 0 saturated carbocycles. The fraction of sp³-hybridized carbons (Fsp3) is 0.444. The molecular weight excluding hydrogens is 186 g/mol. The van der Waals surface area contributed by atoms with E-state index in [0.29, 0.717) is 11.5 Å².